The summed E-state index contributed by atoms with van der Waals surface area (Å²) in [6, 6.07) is 0. The monoisotopic (exact) mass is 265 g/mol. The van der Waals surface area contributed by atoms with Crippen molar-refractivity contribution in [3.8, 4) is 0 Å². The molecule has 1 aromatic rings. The van der Waals surface area contributed by atoms with E-state index in [1.165, 1.54) is 6.20 Å². The fourth-order valence-electron chi connectivity index (χ4n) is 2.67. The second-order valence-corrected chi connectivity index (χ2v) is 5.09. The van der Waals surface area contributed by atoms with Crippen molar-refractivity contribution in [1.29, 1.82) is 0 Å². The molecule has 19 heavy (non-hydrogen) atoms. The number of carbonyl (C=O) groups excluding carboxylic acids is 1. The fraction of sp³-hybridized carbons (Fsp3) is 0.615. The Morgan fingerprint density at radius 3 is 2.84 bits per heavy atom. The molecule has 2 unspecified atom stereocenters. The Labute approximate surface area is 111 Å². The molecule has 1 fully saturated rings. The van der Waals surface area contributed by atoms with E-state index in [0.29, 0.717) is 18.7 Å². The minimum Gasteiger partial charge on any atom is -0.481 e. The average Bonchev–Trinajstić information content (AvgIpc) is 2.82. The van der Waals surface area contributed by atoms with Crippen LogP contribution in [0.5, 0.6) is 0 Å². The summed E-state index contributed by atoms with van der Waals surface area (Å²) >= 11 is 0. The van der Waals surface area contributed by atoms with E-state index in [4.69, 9.17) is 0 Å². The van der Waals surface area contributed by atoms with E-state index in [0.717, 1.165) is 19.3 Å². The third-order valence-electron chi connectivity index (χ3n) is 3.80. The van der Waals surface area contributed by atoms with E-state index in [-0.39, 0.29) is 17.7 Å². The van der Waals surface area contributed by atoms with Crippen molar-refractivity contribution in [3.05, 3.63) is 18.2 Å². The van der Waals surface area contributed by atoms with Crippen molar-refractivity contribution in [3.63, 3.8) is 0 Å². The molecule has 0 spiro atoms. The quantitative estimate of drug-likeness (QED) is 0.852. The van der Waals surface area contributed by atoms with Crippen LogP contribution in [0.3, 0.4) is 0 Å². The first-order valence-electron chi connectivity index (χ1n) is 6.57. The molecule has 1 saturated carbocycles. The van der Waals surface area contributed by atoms with E-state index >= 15 is 0 Å². The number of amides is 1. The number of nitrogens with one attached hydrogen (secondary N) is 1. The molecule has 104 valence electrons. The first kappa shape index (κ1) is 13.6. The first-order valence-corrected chi connectivity index (χ1v) is 6.57. The number of hydrogen-bond donors (Lipinski definition) is 2. The molecule has 1 aromatic heterocycles. The maximum atomic E-state index is 11.9. The van der Waals surface area contributed by atoms with E-state index in [2.05, 4.69) is 10.3 Å². The van der Waals surface area contributed by atoms with Crippen LogP contribution in [0.15, 0.2) is 12.5 Å². The Morgan fingerprint density at radius 1 is 1.47 bits per heavy atom. The molecule has 1 aliphatic rings. The first-order chi connectivity index (χ1) is 9.09. The summed E-state index contributed by atoms with van der Waals surface area (Å²) in [4.78, 5) is 27.0. The van der Waals surface area contributed by atoms with Gasteiger partial charge in [-0.2, -0.15) is 0 Å². The topological polar surface area (TPSA) is 84.2 Å². The largest absolute Gasteiger partial charge is 0.481 e. The summed E-state index contributed by atoms with van der Waals surface area (Å²) < 4.78 is 1.64. The molecule has 0 aliphatic heterocycles. The Balaban J connectivity index is 1.92. The maximum Gasteiger partial charge on any atom is 0.306 e. The highest BCUT2D eigenvalue weighted by molar-refractivity contribution is 5.92. The van der Waals surface area contributed by atoms with Crippen LogP contribution < -0.4 is 5.32 Å². The molecule has 6 heteroatoms. The highest BCUT2D eigenvalue weighted by Crippen LogP contribution is 2.29. The van der Waals surface area contributed by atoms with E-state index in [1.54, 1.807) is 17.9 Å². The minimum absolute atomic E-state index is 0.0310. The molecule has 2 rings (SSSR count). The fourth-order valence-corrected chi connectivity index (χ4v) is 2.67. The number of carbonyl (C=O) groups is 2. The molecular weight excluding hydrogens is 246 g/mol. The lowest BCUT2D eigenvalue weighted by atomic mass is 9.79. The third-order valence-corrected chi connectivity index (χ3v) is 3.80. The lowest BCUT2D eigenvalue weighted by molar-refractivity contribution is -0.144. The zero-order valence-corrected chi connectivity index (χ0v) is 11.0. The Hall–Kier alpha value is -1.85. The lowest BCUT2D eigenvalue weighted by Crippen LogP contribution is -2.37. The average molecular weight is 265 g/mol. The van der Waals surface area contributed by atoms with Gasteiger partial charge in [-0.15, -0.1) is 0 Å². The molecule has 1 heterocycles. The van der Waals surface area contributed by atoms with Gasteiger partial charge in [0.25, 0.3) is 5.91 Å². The van der Waals surface area contributed by atoms with Crippen LogP contribution in [0.4, 0.5) is 0 Å². The number of hydrogen-bond acceptors (Lipinski definition) is 3. The number of rotatable bonds is 4. The van der Waals surface area contributed by atoms with Gasteiger partial charge in [0.1, 0.15) is 5.69 Å². The van der Waals surface area contributed by atoms with Crippen molar-refractivity contribution >= 4 is 11.9 Å². The predicted octanol–water partition coefficient (Wildman–Crippen LogP) is 1.04. The number of aromatic nitrogens is 2. The van der Waals surface area contributed by atoms with Crippen molar-refractivity contribution < 1.29 is 14.7 Å². The number of aliphatic carboxylic acids is 1. The summed E-state index contributed by atoms with van der Waals surface area (Å²) in [5.74, 6) is -1.25. The predicted molar refractivity (Wildman–Crippen MR) is 68.6 cm³/mol. The van der Waals surface area contributed by atoms with E-state index in [9.17, 15) is 14.7 Å². The van der Waals surface area contributed by atoms with Crippen LogP contribution >= 0.6 is 0 Å². The van der Waals surface area contributed by atoms with Crippen LogP contribution in [0, 0.1) is 11.8 Å². The Kier molecular flexibility index (Phi) is 4.19. The van der Waals surface area contributed by atoms with Gasteiger partial charge in [0.2, 0.25) is 0 Å². The van der Waals surface area contributed by atoms with Crippen LogP contribution in [0.2, 0.25) is 0 Å². The number of carboxylic acids is 1. The molecule has 0 bridgehead atoms. The van der Waals surface area contributed by atoms with E-state index in [1.807, 2.05) is 0 Å². The van der Waals surface area contributed by atoms with Crippen molar-refractivity contribution in [2.24, 2.45) is 18.9 Å². The van der Waals surface area contributed by atoms with E-state index < -0.39 is 5.97 Å². The van der Waals surface area contributed by atoms with Gasteiger partial charge in [0.15, 0.2) is 0 Å². The number of imidazole rings is 1. The van der Waals surface area contributed by atoms with Gasteiger partial charge in [-0.05, 0) is 18.8 Å². The SMILES string of the molecule is Cn1cncc1C(=O)NCC1CCCCC1C(=O)O. The molecule has 2 N–H and O–H groups in total. The number of nitrogens with zero attached hydrogens (tertiary/aromatic N) is 2. The highest BCUT2D eigenvalue weighted by Gasteiger charge is 2.30. The molecular formula is C13H19N3O3. The summed E-state index contributed by atoms with van der Waals surface area (Å²) in [6.45, 7) is 0.418. The summed E-state index contributed by atoms with van der Waals surface area (Å²) in [6.07, 6.45) is 6.64. The van der Waals surface area contributed by atoms with Crippen molar-refractivity contribution in [2.45, 2.75) is 25.7 Å². The summed E-state index contributed by atoms with van der Waals surface area (Å²) in [7, 11) is 1.75. The minimum atomic E-state index is -0.750. The highest BCUT2D eigenvalue weighted by atomic mass is 16.4. The number of aryl methyl sites for hydroxylation is 1. The second-order valence-electron chi connectivity index (χ2n) is 5.09. The smallest absolute Gasteiger partial charge is 0.306 e. The van der Waals surface area contributed by atoms with Gasteiger partial charge in [-0.1, -0.05) is 12.8 Å². The normalized spacial score (nSPS) is 23.0. The van der Waals surface area contributed by atoms with Gasteiger partial charge in [-0.25, -0.2) is 4.98 Å². The summed E-state index contributed by atoms with van der Waals surface area (Å²) in [5.41, 5.74) is 0.489. The molecule has 0 radical (unpaired) electrons. The van der Waals surface area contributed by atoms with Crippen LogP contribution in [-0.2, 0) is 11.8 Å². The van der Waals surface area contributed by atoms with Crippen LogP contribution in [0.1, 0.15) is 36.2 Å². The summed E-state index contributed by atoms with van der Waals surface area (Å²) in [5, 5.41) is 12.0. The van der Waals surface area contributed by atoms with Gasteiger partial charge in [-0.3, -0.25) is 9.59 Å². The molecule has 1 amide bonds. The molecule has 6 nitrogen and oxygen atoms in total. The lowest BCUT2D eigenvalue weighted by Gasteiger charge is -2.28. The zero-order valence-electron chi connectivity index (χ0n) is 11.0. The van der Waals surface area contributed by atoms with Gasteiger partial charge in [0, 0.05) is 13.6 Å². The Morgan fingerprint density at radius 2 is 2.21 bits per heavy atom. The van der Waals surface area contributed by atoms with Gasteiger partial charge < -0.3 is 15.0 Å². The maximum absolute atomic E-state index is 11.9. The zero-order chi connectivity index (χ0) is 13.8. The second kappa shape index (κ2) is 5.86. The molecule has 0 saturated heterocycles. The molecule has 0 aromatic carbocycles. The van der Waals surface area contributed by atoms with Crippen LogP contribution in [-0.4, -0.2) is 33.1 Å². The third kappa shape index (κ3) is 3.13. The number of carboxylic acid groups (broad SMARTS) is 1. The van der Waals surface area contributed by atoms with Crippen LogP contribution in [0.25, 0.3) is 0 Å². The molecule has 2 atom stereocenters. The van der Waals surface area contributed by atoms with Crippen molar-refractivity contribution in [1.82, 2.24) is 14.9 Å². The standard InChI is InChI=1S/C13H19N3O3/c1-16-8-14-7-11(16)12(17)15-6-9-4-2-3-5-10(9)13(18)19/h7-10H,2-6H2,1H3,(H,15,17)(H,18,19). The Bertz CT molecular complexity index is 469. The van der Waals surface area contributed by atoms with Gasteiger partial charge >= 0.3 is 5.97 Å². The molecule has 1 aliphatic carbocycles. The van der Waals surface area contributed by atoms with Crippen molar-refractivity contribution in [2.75, 3.05) is 6.54 Å². The van der Waals surface area contributed by atoms with Gasteiger partial charge in [0.05, 0.1) is 18.4 Å².